The number of tetrazole rings is 1. The van der Waals surface area contributed by atoms with E-state index in [1.54, 1.807) is 24.0 Å². The Labute approximate surface area is 171 Å². The Morgan fingerprint density at radius 1 is 1.21 bits per heavy atom. The zero-order valence-corrected chi connectivity index (χ0v) is 16.3. The van der Waals surface area contributed by atoms with Crippen molar-refractivity contribution < 1.29 is 9.21 Å². The number of halogens is 1. The van der Waals surface area contributed by atoms with Crippen LogP contribution in [0.25, 0.3) is 22.7 Å². The van der Waals surface area contributed by atoms with Gasteiger partial charge in [0, 0.05) is 36.7 Å². The Balaban J connectivity index is 1.38. The van der Waals surface area contributed by atoms with E-state index in [1.807, 2.05) is 42.5 Å². The largest absolute Gasteiger partial charge is 0.441 e. The standard InChI is InChI=1S/C20H17ClN6O2/c1-27-20(24-25-26-27)13-5-4-6-14(11-13)23-18(28)9-10-19-22-12-17(29-19)15-7-2-3-8-16(15)21/h2-8,11-12H,9-10H2,1H3,(H,23,28). The van der Waals surface area contributed by atoms with Crippen LogP contribution < -0.4 is 5.32 Å². The number of amides is 1. The number of nitrogens with one attached hydrogen (secondary N) is 1. The fraction of sp³-hybridized carbons (Fsp3) is 0.150. The lowest BCUT2D eigenvalue weighted by atomic mass is 10.2. The quantitative estimate of drug-likeness (QED) is 0.521. The van der Waals surface area contributed by atoms with Gasteiger partial charge in [0.2, 0.25) is 5.91 Å². The number of oxazole rings is 1. The molecule has 0 unspecified atom stereocenters. The third-order valence-electron chi connectivity index (χ3n) is 4.28. The summed E-state index contributed by atoms with van der Waals surface area (Å²) in [7, 11) is 1.76. The molecule has 4 rings (SSSR count). The van der Waals surface area contributed by atoms with Gasteiger partial charge in [-0.05, 0) is 34.7 Å². The SMILES string of the molecule is Cn1nnnc1-c1cccc(NC(=O)CCc2ncc(-c3ccccc3Cl)o2)c1. The van der Waals surface area contributed by atoms with Gasteiger partial charge in [-0.2, -0.15) is 0 Å². The fourth-order valence-corrected chi connectivity index (χ4v) is 3.09. The molecule has 9 heteroatoms. The number of carbonyl (C=O) groups is 1. The first kappa shape index (κ1) is 18.8. The summed E-state index contributed by atoms with van der Waals surface area (Å²) in [5.41, 5.74) is 2.25. The number of rotatable bonds is 6. The maximum absolute atomic E-state index is 12.3. The average Bonchev–Trinajstić information content (AvgIpc) is 3.36. The third-order valence-corrected chi connectivity index (χ3v) is 4.61. The Morgan fingerprint density at radius 3 is 2.86 bits per heavy atom. The molecule has 146 valence electrons. The predicted molar refractivity (Wildman–Crippen MR) is 108 cm³/mol. The van der Waals surface area contributed by atoms with Crippen LogP contribution >= 0.6 is 11.6 Å². The van der Waals surface area contributed by atoms with Crippen molar-refractivity contribution in [3.8, 4) is 22.7 Å². The Kier molecular flexibility index (Phi) is 5.35. The summed E-state index contributed by atoms with van der Waals surface area (Å²) in [5, 5.41) is 14.9. The van der Waals surface area contributed by atoms with Crippen molar-refractivity contribution in [3.05, 3.63) is 65.6 Å². The van der Waals surface area contributed by atoms with E-state index in [0.717, 1.165) is 11.1 Å². The maximum atomic E-state index is 12.3. The van der Waals surface area contributed by atoms with E-state index in [4.69, 9.17) is 16.0 Å². The first-order chi connectivity index (χ1) is 14.1. The van der Waals surface area contributed by atoms with Crippen LogP contribution in [0.4, 0.5) is 5.69 Å². The molecule has 2 aromatic carbocycles. The van der Waals surface area contributed by atoms with Crippen molar-refractivity contribution >= 4 is 23.2 Å². The van der Waals surface area contributed by atoms with Crippen molar-refractivity contribution in [1.29, 1.82) is 0 Å². The highest BCUT2D eigenvalue weighted by molar-refractivity contribution is 6.33. The normalized spacial score (nSPS) is 10.8. The average molecular weight is 409 g/mol. The molecule has 0 saturated carbocycles. The van der Waals surface area contributed by atoms with Gasteiger partial charge in [-0.3, -0.25) is 4.79 Å². The number of aryl methyl sites for hydroxylation is 2. The monoisotopic (exact) mass is 408 g/mol. The predicted octanol–water partition coefficient (Wildman–Crippen LogP) is 3.76. The van der Waals surface area contributed by atoms with Crippen molar-refractivity contribution in [1.82, 2.24) is 25.2 Å². The first-order valence-electron chi connectivity index (χ1n) is 8.92. The summed E-state index contributed by atoms with van der Waals surface area (Å²) in [4.78, 5) is 16.6. The van der Waals surface area contributed by atoms with E-state index in [9.17, 15) is 4.79 Å². The summed E-state index contributed by atoms with van der Waals surface area (Å²) < 4.78 is 7.30. The molecule has 1 N–H and O–H groups in total. The first-order valence-corrected chi connectivity index (χ1v) is 9.30. The van der Waals surface area contributed by atoms with E-state index >= 15 is 0 Å². The molecule has 0 aliphatic carbocycles. The van der Waals surface area contributed by atoms with Crippen LogP contribution in [-0.2, 0) is 18.3 Å². The number of nitrogens with zero attached hydrogens (tertiary/aromatic N) is 5. The number of benzene rings is 2. The van der Waals surface area contributed by atoms with E-state index in [0.29, 0.717) is 34.6 Å². The minimum absolute atomic E-state index is 0.143. The zero-order valence-electron chi connectivity index (χ0n) is 15.5. The third kappa shape index (κ3) is 4.33. The molecular formula is C20H17ClN6O2. The van der Waals surface area contributed by atoms with Crippen molar-refractivity contribution in [3.63, 3.8) is 0 Å². The van der Waals surface area contributed by atoms with Gasteiger partial charge in [-0.25, -0.2) is 9.67 Å². The summed E-state index contributed by atoms with van der Waals surface area (Å²) in [6.07, 6.45) is 2.23. The number of hydrogen-bond donors (Lipinski definition) is 1. The van der Waals surface area contributed by atoms with Gasteiger partial charge in [0.15, 0.2) is 17.5 Å². The lowest BCUT2D eigenvalue weighted by Gasteiger charge is -2.06. The number of aromatic nitrogens is 5. The number of hydrogen-bond acceptors (Lipinski definition) is 6. The summed E-state index contributed by atoms with van der Waals surface area (Å²) in [5.74, 6) is 1.54. The molecule has 8 nitrogen and oxygen atoms in total. The van der Waals surface area contributed by atoms with E-state index in [1.165, 1.54) is 0 Å². The van der Waals surface area contributed by atoms with Crippen molar-refractivity contribution in [2.45, 2.75) is 12.8 Å². The van der Waals surface area contributed by atoms with Crippen molar-refractivity contribution in [2.75, 3.05) is 5.32 Å². The van der Waals surface area contributed by atoms with Gasteiger partial charge in [-0.1, -0.05) is 35.9 Å². The van der Waals surface area contributed by atoms with Crippen LogP contribution in [0.3, 0.4) is 0 Å². The molecule has 0 radical (unpaired) electrons. The molecule has 0 fully saturated rings. The highest BCUT2D eigenvalue weighted by Crippen LogP contribution is 2.28. The summed E-state index contributed by atoms with van der Waals surface area (Å²) >= 11 is 6.18. The smallest absolute Gasteiger partial charge is 0.224 e. The van der Waals surface area contributed by atoms with Crippen LogP contribution in [-0.4, -0.2) is 31.1 Å². The molecule has 0 saturated heterocycles. The second-order valence-corrected chi connectivity index (χ2v) is 6.76. The van der Waals surface area contributed by atoms with Gasteiger partial charge in [0.05, 0.1) is 11.2 Å². The minimum Gasteiger partial charge on any atom is -0.441 e. The molecular weight excluding hydrogens is 392 g/mol. The molecule has 0 spiro atoms. The Hall–Kier alpha value is -3.52. The van der Waals surface area contributed by atoms with Crippen LogP contribution in [0, 0.1) is 0 Å². The van der Waals surface area contributed by atoms with Crippen LogP contribution in [0.2, 0.25) is 5.02 Å². The van der Waals surface area contributed by atoms with E-state index in [2.05, 4.69) is 25.8 Å². The molecule has 2 aromatic heterocycles. The summed E-state index contributed by atoms with van der Waals surface area (Å²) in [6.45, 7) is 0. The van der Waals surface area contributed by atoms with Gasteiger partial charge < -0.3 is 9.73 Å². The molecule has 4 aromatic rings. The molecule has 2 heterocycles. The molecule has 0 bridgehead atoms. The van der Waals surface area contributed by atoms with E-state index < -0.39 is 0 Å². The lowest BCUT2D eigenvalue weighted by Crippen LogP contribution is -2.12. The number of anilines is 1. The highest BCUT2D eigenvalue weighted by atomic mass is 35.5. The second kappa shape index (κ2) is 8.24. The summed E-state index contributed by atoms with van der Waals surface area (Å²) in [6, 6.07) is 14.7. The number of carbonyl (C=O) groups excluding carboxylic acids is 1. The molecule has 0 aliphatic rings. The maximum Gasteiger partial charge on any atom is 0.224 e. The lowest BCUT2D eigenvalue weighted by molar-refractivity contribution is -0.116. The molecule has 0 atom stereocenters. The van der Waals surface area contributed by atoms with Crippen LogP contribution in [0.5, 0.6) is 0 Å². The topological polar surface area (TPSA) is 98.7 Å². The second-order valence-electron chi connectivity index (χ2n) is 6.35. The van der Waals surface area contributed by atoms with Gasteiger partial charge in [0.1, 0.15) is 0 Å². The van der Waals surface area contributed by atoms with Crippen LogP contribution in [0.15, 0.2) is 59.1 Å². The Morgan fingerprint density at radius 2 is 2.07 bits per heavy atom. The minimum atomic E-state index is -0.143. The highest BCUT2D eigenvalue weighted by Gasteiger charge is 2.12. The molecule has 1 amide bonds. The van der Waals surface area contributed by atoms with Gasteiger partial charge in [-0.15, -0.1) is 5.10 Å². The van der Waals surface area contributed by atoms with Gasteiger partial charge in [0.25, 0.3) is 0 Å². The van der Waals surface area contributed by atoms with E-state index in [-0.39, 0.29) is 12.3 Å². The molecule has 29 heavy (non-hydrogen) atoms. The Bertz CT molecular complexity index is 1150. The van der Waals surface area contributed by atoms with Crippen molar-refractivity contribution in [2.24, 2.45) is 7.05 Å². The molecule has 0 aliphatic heterocycles. The fourth-order valence-electron chi connectivity index (χ4n) is 2.87. The zero-order chi connectivity index (χ0) is 20.2. The van der Waals surface area contributed by atoms with Crippen LogP contribution in [0.1, 0.15) is 12.3 Å². The van der Waals surface area contributed by atoms with Gasteiger partial charge >= 0.3 is 0 Å².